The first-order valence-electron chi connectivity index (χ1n) is 7.53. The van der Waals surface area contributed by atoms with Crippen LogP contribution in [-0.4, -0.2) is 39.0 Å². The minimum Gasteiger partial charge on any atom is -0.453 e. The molecular formula is C15H21N3O6S. The Morgan fingerprint density at radius 3 is 2.32 bits per heavy atom. The summed E-state index contributed by atoms with van der Waals surface area (Å²) in [6, 6.07) is 5.11. The van der Waals surface area contributed by atoms with Crippen molar-refractivity contribution in [3.05, 3.63) is 29.8 Å². The van der Waals surface area contributed by atoms with Crippen LogP contribution in [0.1, 0.15) is 25.8 Å². The number of amides is 3. The predicted molar refractivity (Wildman–Crippen MR) is 88.9 cm³/mol. The molecule has 9 nitrogen and oxygen atoms in total. The van der Waals surface area contributed by atoms with Crippen molar-refractivity contribution >= 4 is 27.9 Å². The zero-order valence-corrected chi connectivity index (χ0v) is 14.8. The Bertz CT molecular complexity index is 730. The molecule has 1 aromatic rings. The number of aryl methyl sites for hydroxylation is 1. The van der Waals surface area contributed by atoms with Gasteiger partial charge in [-0.05, 0) is 38.0 Å². The van der Waals surface area contributed by atoms with E-state index in [1.165, 1.54) is 31.2 Å². The van der Waals surface area contributed by atoms with Crippen molar-refractivity contribution in [2.24, 2.45) is 5.14 Å². The summed E-state index contributed by atoms with van der Waals surface area (Å²) in [7, 11) is -3.76. The zero-order valence-electron chi connectivity index (χ0n) is 13.9. The summed E-state index contributed by atoms with van der Waals surface area (Å²) in [5.41, 5.74) is 0.712. The summed E-state index contributed by atoms with van der Waals surface area (Å²) in [5.74, 6) is -1.34. The van der Waals surface area contributed by atoms with Crippen LogP contribution in [0.15, 0.2) is 29.2 Å². The first kappa shape index (κ1) is 20.6. The number of nitrogens with one attached hydrogen (secondary N) is 2. The molecule has 138 valence electrons. The van der Waals surface area contributed by atoms with Gasteiger partial charge in [-0.25, -0.2) is 18.4 Å². The highest BCUT2D eigenvalue weighted by atomic mass is 32.2. The van der Waals surface area contributed by atoms with Gasteiger partial charge in [0.2, 0.25) is 10.0 Å². The van der Waals surface area contributed by atoms with E-state index >= 15 is 0 Å². The third kappa shape index (κ3) is 7.31. The largest absolute Gasteiger partial charge is 0.453 e. The van der Waals surface area contributed by atoms with E-state index in [0.717, 1.165) is 0 Å². The Kier molecular flexibility index (Phi) is 7.52. The minimum absolute atomic E-state index is 0.00645. The van der Waals surface area contributed by atoms with Crippen LogP contribution in [0.5, 0.6) is 0 Å². The molecule has 1 atom stereocenters. The lowest BCUT2D eigenvalue weighted by molar-refractivity contribution is -0.154. The highest BCUT2D eigenvalue weighted by molar-refractivity contribution is 7.89. The molecule has 25 heavy (non-hydrogen) atoms. The van der Waals surface area contributed by atoms with Crippen molar-refractivity contribution in [3.63, 3.8) is 0 Å². The molecule has 4 N–H and O–H groups in total. The van der Waals surface area contributed by atoms with Crippen molar-refractivity contribution in [1.82, 2.24) is 10.6 Å². The number of imide groups is 1. The summed E-state index contributed by atoms with van der Waals surface area (Å²) < 4.78 is 27.2. The Balaban J connectivity index is 2.46. The molecule has 0 fully saturated rings. The molecule has 0 aliphatic carbocycles. The average Bonchev–Trinajstić information content (AvgIpc) is 2.52. The molecule has 0 radical (unpaired) electrons. The number of carbonyl (C=O) groups is 3. The van der Waals surface area contributed by atoms with Crippen LogP contribution in [0.2, 0.25) is 0 Å². The van der Waals surface area contributed by atoms with Gasteiger partial charge in [-0.3, -0.25) is 14.9 Å². The number of urea groups is 1. The normalized spacial score (nSPS) is 12.1. The van der Waals surface area contributed by atoms with Gasteiger partial charge in [0.1, 0.15) is 0 Å². The maximum Gasteiger partial charge on any atom is 0.321 e. The predicted octanol–water partition coefficient (Wildman–Crippen LogP) is 0.0440. The van der Waals surface area contributed by atoms with E-state index < -0.39 is 34.0 Å². The number of sulfonamides is 1. The van der Waals surface area contributed by atoms with Gasteiger partial charge in [0.05, 0.1) is 4.90 Å². The average molecular weight is 371 g/mol. The lowest BCUT2D eigenvalue weighted by atomic mass is 10.1. The summed E-state index contributed by atoms with van der Waals surface area (Å²) in [6.45, 7) is 3.41. The summed E-state index contributed by atoms with van der Waals surface area (Å²) in [6.07, 6.45) is -0.818. The fourth-order valence-electron chi connectivity index (χ4n) is 1.82. The van der Waals surface area contributed by atoms with E-state index in [-0.39, 0.29) is 11.3 Å². The number of primary sulfonamides is 1. The highest BCUT2D eigenvalue weighted by Crippen LogP contribution is 2.11. The van der Waals surface area contributed by atoms with Crippen LogP contribution in [-0.2, 0) is 30.8 Å². The molecule has 1 unspecified atom stereocenters. The lowest BCUT2D eigenvalue weighted by Crippen LogP contribution is -2.44. The molecule has 0 saturated carbocycles. The second-order valence-electron chi connectivity index (χ2n) is 5.17. The second-order valence-corrected chi connectivity index (χ2v) is 6.73. The van der Waals surface area contributed by atoms with Crippen LogP contribution >= 0.6 is 0 Å². The van der Waals surface area contributed by atoms with E-state index in [1.54, 1.807) is 6.92 Å². The number of benzene rings is 1. The van der Waals surface area contributed by atoms with E-state index in [4.69, 9.17) is 9.88 Å². The minimum atomic E-state index is -3.76. The van der Waals surface area contributed by atoms with Crippen LogP contribution in [0.25, 0.3) is 0 Å². The molecule has 10 heteroatoms. The smallest absolute Gasteiger partial charge is 0.321 e. The standard InChI is InChI=1S/C15H21N3O6S/c1-3-17-15(21)18-14(20)10(2)24-13(19)9-6-11-4-7-12(8-5-11)25(16,22)23/h4-5,7-8,10H,3,6,9H2,1-2H3,(H2,16,22,23)(H2,17,18,20,21). The summed E-state index contributed by atoms with van der Waals surface area (Å²) in [4.78, 5) is 34.6. The number of hydrogen-bond acceptors (Lipinski definition) is 6. The van der Waals surface area contributed by atoms with Crippen LogP contribution in [0.3, 0.4) is 0 Å². The molecule has 0 aromatic heterocycles. The van der Waals surface area contributed by atoms with Gasteiger partial charge in [-0.15, -0.1) is 0 Å². The third-order valence-electron chi connectivity index (χ3n) is 3.12. The molecule has 0 heterocycles. The number of nitrogens with two attached hydrogens (primary N) is 1. The zero-order chi connectivity index (χ0) is 19.0. The molecule has 1 rings (SSSR count). The number of rotatable bonds is 7. The van der Waals surface area contributed by atoms with Crippen molar-refractivity contribution in [3.8, 4) is 0 Å². The quantitative estimate of drug-likeness (QED) is 0.577. The van der Waals surface area contributed by atoms with Crippen LogP contribution < -0.4 is 15.8 Å². The number of ether oxygens (including phenoxy) is 1. The molecule has 0 bridgehead atoms. The molecule has 3 amide bonds. The van der Waals surface area contributed by atoms with Gasteiger partial charge in [-0.2, -0.15) is 0 Å². The fraction of sp³-hybridized carbons (Fsp3) is 0.400. The fourth-order valence-corrected chi connectivity index (χ4v) is 2.34. The van der Waals surface area contributed by atoms with Gasteiger partial charge in [0.25, 0.3) is 5.91 Å². The van der Waals surface area contributed by atoms with Crippen LogP contribution in [0.4, 0.5) is 4.79 Å². The first-order valence-corrected chi connectivity index (χ1v) is 9.08. The van der Waals surface area contributed by atoms with E-state index in [0.29, 0.717) is 18.5 Å². The van der Waals surface area contributed by atoms with Crippen molar-refractivity contribution in [1.29, 1.82) is 0 Å². The third-order valence-corrected chi connectivity index (χ3v) is 4.05. The van der Waals surface area contributed by atoms with E-state index in [1.807, 2.05) is 5.32 Å². The second kappa shape index (κ2) is 9.14. The molecule has 1 aromatic carbocycles. The van der Waals surface area contributed by atoms with E-state index in [2.05, 4.69) is 5.32 Å². The highest BCUT2D eigenvalue weighted by Gasteiger charge is 2.19. The summed E-state index contributed by atoms with van der Waals surface area (Å²) >= 11 is 0. The van der Waals surface area contributed by atoms with Crippen molar-refractivity contribution in [2.45, 2.75) is 37.7 Å². The van der Waals surface area contributed by atoms with Crippen molar-refractivity contribution < 1.29 is 27.5 Å². The van der Waals surface area contributed by atoms with Gasteiger partial charge >= 0.3 is 12.0 Å². The topological polar surface area (TPSA) is 145 Å². The molecule has 0 aliphatic rings. The first-order chi connectivity index (χ1) is 11.6. The van der Waals surface area contributed by atoms with E-state index in [9.17, 15) is 22.8 Å². The monoisotopic (exact) mass is 371 g/mol. The molecule has 0 aliphatic heterocycles. The van der Waals surface area contributed by atoms with Gasteiger partial charge in [0.15, 0.2) is 6.10 Å². The molecular weight excluding hydrogens is 350 g/mol. The molecule has 0 spiro atoms. The number of esters is 1. The number of hydrogen-bond donors (Lipinski definition) is 3. The maximum absolute atomic E-state index is 11.8. The lowest BCUT2D eigenvalue weighted by Gasteiger charge is -2.13. The Hall–Kier alpha value is -2.46. The Labute approximate surface area is 146 Å². The Morgan fingerprint density at radius 2 is 1.80 bits per heavy atom. The maximum atomic E-state index is 11.8. The van der Waals surface area contributed by atoms with Gasteiger partial charge in [-0.1, -0.05) is 12.1 Å². The summed E-state index contributed by atoms with van der Waals surface area (Å²) in [5, 5.41) is 9.43. The van der Waals surface area contributed by atoms with Gasteiger partial charge in [0, 0.05) is 13.0 Å². The SMILES string of the molecule is CCNC(=O)NC(=O)C(C)OC(=O)CCc1ccc(S(N)(=O)=O)cc1. The van der Waals surface area contributed by atoms with Gasteiger partial charge < -0.3 is 10.1 Å². The number of carbonyl (C=O) groups excluding carboxylic acids is 3. The Morgan fingerprint density at radius 1 is 1.20 bits per heavy atom. The van der Waals surface area contributed by atoms with Crippen molar-refractivity contribution in [2.75, 3.05) is 6.54 Å². The van der Waals surface area contributed by atoms with Crippen LogP contribution in [0, 0.1) is 0 Å². The molecule has 0 saturated heterocycles.